The van der Waals surface area contributed by atoms with Gasteiger partial charge in [0.2, 0.25) is 0 Å². The largest absolute Gasteiger partial charge is 0.373 e. The van der Waals surface area contributed by atoms with Crippen LogP contribution in [0.1, 0.15) is 19.4 Å². The van der Waals surface area contributed by atoms with Gasteiger partial charge in [-0.3, -0.25) is 10.00 Å². The summed E-state index contributed by atoms with van der Waals surface area (Å²) >= 11 is 0. The molecule has 2 heterocycles. The van der Waals surface area contributed by atoms with Gasteiger partial charge >= 0.3 is 0 Å². The minimum absolute atomic E-state index is 0.279. The molecule has 2 aromatic carbocycles. The van der Waals surface area contributed by atoms with Crippen LogP contribution in [0.25, 0.3) is 22.0 Å². The molecule has 2 atom stereocenters. The first-order valence-electron chi connectivity index (χ1n) is 8.59. The number of nitrogens with zero attached hydrogens (tertiary/aromatic N) is 2. The molecule has 0 spiro atoms. The lowest BCUT2D eigenvalue weighted by molar-refractivity contribution is -0.0704. The summed E-state index contributed by atoms with van der Waals surface area (Å²) in [6.07, 6.45) is 2.52. The van der Waals surface area contributed by atoms with Gasteiger partial charge in [0.1, 0.15) is 0 Å². The van der Waals surface area contributed by atoms with Crippen LogP contribution in [0.2, 0.25) is 0 Å². The molecule has 1 aliphatic rings. The zero-order valence-electron chi connectivity index (χ0n) is 14.2. The van der Waals surface area contributed by atoms with E-state index in [1.165, 1.54) is 21.9 Å². The van der Waals surface area contributed by atoms with Gasteiger partial charge < -0.3 is 4.74 Å². The van der Waals surface area contributed by atoms with Crippen LogP contribution in [0.3, 0.4) is 0 Å². The number of aromatic amines is 1. The fourth-order valence-corrected chi connectivity index (χ4v) is 3.76. The van der Waals surface area contributed by atoms with E-state index in [0.29, 0.717) is 0 Å². The summed E-state index contributed by atoms with van der Waals surface area (Å²) in [6.45, 7) is 7.11. The van der Waals surface area contributed by atoms with E-state index in [4.69, 9.17) is 4.74 Å². The number of nitrogens with one attached hydrogen (secondary N) is 1. The maximum absolute atomic E-state index is 5.84. The summed E-state index contributed by atoms with van der Waals surface area (Å²) in [5.41, 5.74) is 3.58. The van der Waals surface area contributed by atoms with Crippen LogP contribution in [0.5, 0.6) is 0 Å². The fourth-order valence-electron chi connectivity index (χ4n) is 3.76. The molecule has 1 saturated heterocycles. The maximum Gasteiger partial charge on any atom is 0.0701 e. The Hall–Kier alpha value is -2.17. The van der Waals surface area contributed by atoms with Crippen molar-refractivity contribution >= 4 is 10.8 Å². The lowest BCUT2D eigenvalue weighted by Crippen LogP contribution is -2.44. The Kier molecular flexibility index (Phi) is 4.08. The molecular weight excluding hydrogens is 298 g/mol. The van der Waals surface area contributed by atoms with Crippen molar-refractivity contribution < 1.29 is 4.74 Å². The van der Waals surface area contributed by atoms with Crippen molar-refractivity contribution in [2.45, 2.75) is 32.6 Å². The fraction of sp³-hybridized carbons (Fsp3) is 0.350. The lowest BCUT2D eigenvalue weighted by atomic mass is 10.00. The van der Waals surface area contributed by atoms with Gasteiger partial charge in [-0.1, -0.05) is 42.5 Å². The van der Waals surface area contributed by atoms with E-state index in [-0.39, 0.29) is 12.2 Å². The summed E-state index contributed by atoms with van der Waals surface area (Å²) in [7, 11) is 0. The Morgan fingerprint density at radius 1 is 1.08 bits per heavy atom. The molecule has 1 aliphatic heterocycles. The molecule has 0 saturated carbocycles. The highest BCUT2D eigenvalue weighted by molar-refractivity contribution is 5.96. The third kappa shape index (κ3) is 2.95. The summed E-state index contributed by atoms with van der Waals surface area (Å²) in [4.78, 5) is 2.46. The molecular formula is C20H23N3O. The molecule has 1 aromatic heterocycles. The summed E-state index contributed by atoms with van der Waals surface area (Å²) in [5.74, 6) is 0. The van der Waals surface area contributed by atoms with Crippen molar-refractivity contribution in [3.63, 3.8) is 0 Å². The first-order chi connectivity index (χ1) is 11.7. The van der Waals surface area contributed by atoms with Crippen LogP contribution in [-0.2, 0) is 11.3 Å². The number of H-pyrrole nitrogens is 1. The van der Waals surface area contributed by atoms with Crippen molar-refractivity contribution in [2.75, 3.05) is 13.1 Å². The van der Waals surface area contributed by atoms with E-state index in [0.717, 1.165) is 25.3 Å². The smallest absolute Gasteiger partial charge is 0.0701 e. The molecule has 1 fully saturated rings. The molecule has 4 nitrogen and oxygen atoms in total. The summed E-state index contributed by atoms with van der Waals surface area (Å²) in [5, 5.41) is 10.1. The number of aromatic nitrogens is 2. The minimum atomic E-state index is 0.279. The van der Waals surface area contributed by atoms with E-state index in [9.17, 15) is 0 Å². The number of benzene rings is 2. The average molecular weight is 321 g/mol. The van der Waals surface area contributed by atoms with Crippen LogP contribution in [0.15, 0.2) is 48.7 Å². The second-order valence-electron chi connectivity index (χ2n) is 6.75. The van der Waals surface area contributed by atoms with Crippen molar-refractivity contribution in [2.24, 2.45) is 0 Å². The van der Waals surface area contributed by atoms with Crippen LogP contribution in [-0.4, -0.2) is 40.4 Å². The quantitative estimate of drug-likeness (QED) is 0.797. The van der Waals surface area contributed by atoms with Gasteiger partial charge in [0.25, 0.3) is 0 Å². The molecule has 3 aromatic rings. The molecule has 1 N–H and O–H groups in total. The second kappa shape index (κ2) is 6.38. The third-order valence-corrected chi connectivity index (χ3v) is 4.67. The zero-order valence-corrected chi connectivity index (χ0v) is 14.2. The molecule has 4 rings (SSSR count). The molecule has 124 valence electrons. The van der Waals surface area contributed by atoms with Crippen molar-refractivity contribution in [1.29, 1.82) is 0 Å². The first-order valence-corrected chi connectivity index (χ1v) is 8.59. The van der Waals surface area contributed by atoms with Gasteiger partial charge in [-0.05, 0) is 24.6 Å². The van der Waals surface area contributed by atoms with E-state index in [2.05, 4.69) is 71.4 Å². The molecule has 0 amide bonds. The van der Waals surface area contributed by atoms with Gasteiger partial charge in [0, 0.05) is 30.8 Å². The highest BCUT2D eigenvalue weighted by atomic mass is 16.5. The van der Waals surface area contributed by atoms with Crippen LogP contribution in [0.4, 0.5) is 0 Å². The van der Waals surface area contributed by atoms with Gasteiger partial charge in [0.05, 0.1) is 24.1 Å². The standard InChI is InChI=1S/C20H23N3O/c1-14-11-23(12-15(2)24-14)13-17-10-21-22-20(17)19-9-5-7-16-6-3-4-8-18(16)19/h3-10,14-15H,11-13H2,1-2H3,(H,21,22)/t14-,15+. The molecule has 0 unspecified atom stereocenters. The van der Waals surface area contributed by atoms with Crippen molar-refractivity contribution in [3.05, 3.63) is 54.2 Å². The zero-order chi connectivity index (χ0) is 16.5. The molecule has 0 aliphatic carbocycles. The van der Waals surface area contributed by atoms with Crippen molar-refractivity contribution in [3.8, 4) is 11.3 Å². The Bertz CT molecular complexity index is 826. The molecule has 0 radical (unpaired) electrons. The number of rotatable bonds is 3. The molecule has 24 heavy (non-hydrogen) atoms. The normalized spacial score (nSPS) is 22.1. The van der Waals surface area contributed by atoms with Crippen LogP contribution < -0.4 is 0 Å². The van der Waals surface area contributed by atoms with Gasteiger partial charge in [0.15, 0.2) is 0 Å². The predicted molar refractivity (Wildman–Crippen MR) is 96.8 cm³/mol. The lowest BCUT2D eigenvalue weighted by Gasteiger charge is -2.35. The van der Waals surface area contributed by atoms with Gasteiger partial charge in [-0.15, -0.1) is 0 Å². The summed E-state index contributed by atoms with van der Waals surface area (Å²) < 4.78 is 5.84. The number of fused-ring (bicyclic) bond motifs is 1. The number of hydrogen-bond donors (Lipinski definition) is 1. The highest BCUT2D eigenvalue weighted by Crippen LogP contribution is 2.30. The van der Waals surface area contributed by atoms with Gasteiger partial charge in [-0.2, -0.15) is 5.10 Å². The predicted octanol–water partition coefficient (Wildman–Crippen LogP) is 3.84. The number of hydrogen-bond acceptors (Lipinski definition) is 3. The van der Waals surface area contributed by atoms with E-state index in [1.807, 2.05) is 6.20 Å². The SMILES string of the molecule is C[C@@H]1CN(Cc2cn[nH]c2-c2cccc3ccccc23)C[C@H](C)O1. The van der Waals surface area contributed by atoms with Crippen molar-refractivity contribution in [1.82, 2.24) is 15.1 Å². The Labute approximate surface area is 142 Å². The van der Waals surface area contributed by atoms with Crippen LogP contribution in [0, 0.1) is 0 Å². The Morgan fingerprint density at radius 3 is 2.67 bits per heavy atom. The maximum atomic E-state index is 5.84. The molecule has 4 heteroatoms. The summed E-state index contributed by atoms with van der Waals surface area (Å²) in [6, 6.07) is 14.9. The first kappa shape index (κ1) is 15.4. The number of morpholine rings is 1. The van der Waals surface area contributed by atoms with Crippen LogP contribution >= 0.6 is 0 Å². The van der Waals surface area contributed by atoms with E-state index >= 15 is 0 Å². The average Bonchev–Trinajstić information content (AvgIpc) is 3.01. The third-order valence-electron chi connectivity index (χ3n) is 4.67. The molecule has 0 bridgehead atoms. The number of ether oxygens (including phenoxy) is 1. The second-order valence-corrected chi connectivity index (χ2v) is 6.75. The Morgan fingerprint density at radius 2 is 1.83 bits per heavy atom. The Balaban J connectivity index is 1.67. The van der Waals surface area contributed by atoms with E-state index < -0.39 is 0 Å². The van der Waals surface area contributed by atoms with Gasteiger partial charge in [-0.25, -0.2) is 0 Å². The van der Waals surface area contributed by atoms with E-state index in [1.54, 1.807) is 0 Å². The monoisotopic (exact) mass is 321 g/mol. The topological polar surface area (TPSA) is 41.2 Å². The minimum Gasteiger partial charge on any atom is -0.373 e. The highest BCUT2D eigenvalue weighted by Gasteiger charge is 2.23.